The number of anilines is 1. The fourth-order valence-electron chi connectivity index (χ4n) is 4.21. The molecule has 0 spiro atoms. The predicted molar refractivity (Wildman–Crippen MR) is 137 cm³/mol. The maximum absolute atomic E-state index is 6.34. The number of rotatable bonds is 4. The molecule has 0 aliphatic carbocycles. The summed E-state index contributed by atoms with van der Waals surface area (Å²) in [6.45, 7) is 0. The van der Waals surface area contributed by atoms with E-state index in [1.54, 1.807) is 11.3 Å². The molecule has 4 nitrogen and oxygen atoms in total. The third-order valence-electron chi connectivity index (χ3n) is 5.79. The van der Waals surface area contributed by atoms with Crippen molar-refractivity contribution in [2.24, 2.45) is 5.10 Å². The van der Waals surface area contributed by atoms with Crippen molar-refractivity contribution in [3.8, 4) is 11.3 Å². The quantitative estimate of drug-likeness (QED) is 0.277. The molecular formula is C27H19ClN4S. The van der Waals surface area contributed by atoms with Gasteiger partial charge in [-0.25, -0.2) is 15.0 Å². The molecule has 0 saturated carbocycles. The van der Waals surface area contributed by atoms with E-state index in [1.165, 1.54) is 4.88 Å². The van der Waals surface area contributed by atoms with Crippen LogP contribution in [0.2, 0.25) is 5.02 Å². The van der Waals surface area contributed by atoms with Gasteiger partial charge in [0.1, 0.15) is 0 Å². The number of benzene rings is 3. The number of fused-ring (bicyclic) bond motifs is 1. The monoisotopic (exact) mass is 466 g/mol. The summed E-state index contributed by atoms with van der Waals surface area (Å²) >= 11 is 8.07. The first-order valence-corrected chi connectivity index (χ1v) is 12.0. The van der Waals surface area contributed by atoms with Crippen LogP contribution >= 0.6 is 22.9 Å². The van der Waals surface area contributed by atoms with Crippen LogP contribution in [0.25, 0.3) is 22.2 Å². The third-order valence-corrected chi connectivity index (χ3v) is 7.00. The zero-order chi connectivity index (χ0) is 22.2. The van der Waals surface area contributed by atoms with Crippen LogP contribution in [0, 0.1) is 0 Å². The van der Waals surface area contributed by atoms with Gasteiger partial charge in [0.2, 0.25) is 5.95 Å². The van der Waals surface area contributed by atoms with Crippen LogP contribution in [0.3, 0.4) is 0 Å². The highest BCUT2D eigenvalue weighted by atomic mass is 35.5. The molecule has 6 rings (SSSR count). The van der Waals surface area contributed by atoms with Crippen molar-refractivity contribution in [1.82, 2.24) is 9.97 Å². The highest BCUT2D eigenvalue weighted by Gasteiger charge is 2.32. The van der Waals surface area contributed by atoms with Crippen LogP contribution in [0.15, 0.2) is 101 Å². The lowest BCUT2D eigenvalue weighted by Crippen LogP contribution is -2.20. The lowest BCUT2D eigenvalue weighted by molar-refractivity contribution is 0.700. The van der Waals surface area contributed by atoms with E-state index in [1.807, 2.05) is 59.6 Å². The maximum Gasteiger partial charge on any atom is 0.247 e. The summed E-state index contributed by atoms with van der Waals surface area (Å²) in [7, 11) is 0. The lowest BCUT2D eigenvalue weighted by atomic mass is 10.0. The SMILES string of the molecule is Clc1ccc2nc(N3N=C(c4ccccc4)C[C@@H]3c3cccs3)nc(-c3ccccc3)c2c1. The summed E-state index contributed by atoms with van der Waals surface area (Å²) in [6.07, 6.45) is 0.799. The Hall–Kier alpha value is -3.54. The molecule has 0 radical (unpaired) electrons. The summed E-state index contributed by atoms with van der Waals surface area (Å²) in [4.78, 5) is 11.2. The van der Waals surface area contributed by atoms with Gasteiger partial charge in [-0.05, 0) is 35.2 Å². The summed E-state index contributed by atoms with van der Waals surface area (Å²) in [5.41, 5.74) is 4.88. The average Bonchev–Trinajstić information content (AvgIpc) is 3.55. The van der Waals surface area contributed by atoms with Crippen LogP contribution in [0.4, 0.5) is 5.95 Å². The van der Waals surface area contributed by atoms with Crippen LogP contribution in [-0.2, 0) is 0 Å². The van der Waals surface area contributed by atoms with Crippen LogP contribution in [0.5, 0.6) is 0 Å². The Balaban J connectivity index is 1.54. The molecule has 1 atom stereocenters. The molecule has 2 aromatic heterocycles. The molecule has 0 unspecified atom stereocenters. The van der Waals surface area contributed by atoms with Crippen LogP contribution in [-0.4, -0.2) is 15.7 Å². The van der Waals surface area contributed by atoms with Gasteiger partial charge in [0.05, 0.1) is 23.0 Å². The first-order chi connectivity index (χ1) is 16.3. The summed E-state index contributed by atoms with van der Waals surface area (Å²) < 4.78 is 0. The molecule has 3 aromatic carbocycles. The minimum atomic E-state index is 0.0496. The molecule has 1 aliphatic heterocycles. The van der Waals surface area contributed by atoms with Crippen molar-refractivity contribution in [3.05, 3.63) is 112 Å². The average molecular weight is 467 g/mol. The summed E-state index contributed by atoms with van der Waals surface area (Å²) in [5, 5.41) is 10.7. The zero-order valence-corrected chi connectivity index (χ0v) is 19.2. The highest BCUT2D eigenvalue weighted by molar-refractivity contribution is 7.10. The van der Waals surface area contributed by atoms with Crippen LogP contribution in [0.1, 0.15) is 22.9 Å². The van der Waals surface area contributed by atoms with Gasteiger partial charge in [0.25, 0.3) is 0 Å². The van der Waals surface area contributed by atoms with Crippen LogP contribution < -0.4 is 5.01 Å². The van der Waals surface area contributed by atoms with Gasteiger partial charge in [0, 0.05) is 27.3 Å². The van der Waals surface area contributed by atoms with E-state index in [0.29, 0.717) is 11.0 Å². The Kier molecular flexibility index (Phi) is 5.13. The number of hydrogen-bond donors (Lipinski definition) is 0. The van der Waals surface area contributed by atoms with Crippen molar-refractivity contribution in [2.75, 3.05) is 5.01 Å². The molecule has 6 heteroatoms. The van der Waals surface area contributed by atoms with E-state index in [0.717, 1.165) is 39.9 Å². The highest BCUT2D eigenvalue weighted by Crippen LogP contribution is 2.39. The second kappa shape index (κ2) is 8.43. The normalized spacial score (nSPS) is 15.7. The lowest BCUT2D eigenvalue weighted by Gasteiger charge is -2.21. The minimum Gasteiger partial charge on any atom is -0.223 e. The third kappa shape index (κ3) is 3.80. The second-order valence-electron chi connectivity index (χ2n) is 7.89. The smallest absolute Gasteiger partial charge is 0.223 e. The Morgan fingerprint density at radius 1 is 0.818 bits per heavy atom. The first kappa shape index (κ1) is 20.1. The van der Waals surface area contributed by atoms with Crippen molar-refractivity contribution < 1.29 is 0 Å². The van der Waals surface area contributed by atoms with E-state index in [9.17, 15) is 0 Å². The fraction of sp³-hybridized carbons (Fsp3) is 0.0741. The number of aromatic nitrogens is 2. The Labute approximate surface area is 200 Å². The molecular weight excluding hydrogens is 448 g/mol. The molecule has 0 bridgehead atoms. The summed E-state index contributed by atoms with van der Waals surface area (Å²) in [5.74, 6) is 0.591. The summed E-state index contributed by atoms with van der Waals surface area (Å²) in [6, 6.07) is 30.5. The predicted octanol–water partition coefficient (Wildman–Crippen LogP) is 7.37. The van der Waals surface area contributed by atoms with Crippen molar-refractivity contribution >= 4 is 45.5 Å². The van der Waals surface area contributed by atoms with Gasteiger partial charge in [-0.15, -0.1) is 11.3 Å². The molecule has 5 aromatic rings. The van der Waals surface area contributed by atoms with Gasteiger partial charge in [-0.1, -0.05) is 78.3 Å². The van der Waals surface area contributed by atoms with Gasteiger partial charge in [-0.3, -0.25) is 0 Å². The standard InChI is InChI=1S/C27H19ClN4S/c28-20-13-14-22-21(16-20)26(19-10-5-2-6-11-19)30-27(29-22)32-24(25-12-7-15-33-25)17-23(31-32)18-8-3-1-4-9-18/h1-16,24H,17H2/t24-/m1/s1. The van der Waals surface area contributed by atoms with E-state index >= 15 is 0 Å². The maximum atomic E-state index is 6.34. The Morgan fingerprint density at radius 2 is 1.58 bits per heavy atom. The van der Waals surface area contributed by atoms with Crippen molar-refractivity contribution in [2.45, 2.75) is 12.5 Å². The minimum absolute atomic E-state index is 0.0496. The number of thiophene rings is 1. The molecule has 0 N–H and O–H groups in total. The number of halogens is 1. The molecule has 0 fully saturated rings. The van der Waals surface area contributed by atoms with Gasteiger partial charge in [-0.2, -0.15) is 5.10 Å². The van der Waals surface area contributed by atoms with Gasteiger partial charge in [0.15, 0.2) is 0 Å². The molecule has 0 amide bonds. The van der Waals surface area contributed by atoms with E-state index < -0.39 is 0 Å². The Morgan fingerprint density at radius 3 is 2.30 bits per heavy atom. The van der Waals surface area contributed by atoms with Crippen molar-refractivity contribution in [3.63, 3.8) is 0 Å². The number of hydrogen-bond acceptors (Lipinski definition) is 5. The van der Waals surface area contributed by atoms with E-state index in [4.69, 9.17) is 26.7 Å². The van der Waals surface area contributed by atoms with Gasteiger partial charge < -0.3 is 0 Å². The van der Waals surface area contributed by atoms with Crippen molar-refractivity contribution in [1.29, 1.82) is 0 Å². The largest absolute Gasteiger partial charge is 0.247 e. The number of hydrazone groups is 1. The topological polar surface area (TPSA) is 41.4 Å². The van der Waals surface area contributed by atoms with E-state index in [-0.39, 0.29) is 6.04 Å². The molecule has 33 heavy (non-hydrogen) atoms. The Bertz CT molecular complexity index is 1450. The molecule has 3 heterocycles. The second-order valence-corrected chi connectivity index (χ2v) is 9.31. The molecule has 160 valence electrons. The van der Waals surface area contributed by atoms with E-state index in [2.05, 4.69) is 41.8 Å². The molecule has 0 saturated heterocycles. The molecule has 1 aliphatic rings. The van der Waals surface area contributed by atoms with Gasteiger partial charge >= 0.3 is 0 Å². The zero-order valence-electron chi connectivity index (χ0n) is 17.6. The first-order valence-electron chi connectivity index (χ1n) is 10.7. The fourth-order valence-corrected chi connectivity index (χ4v) is 5.19. The number of nitrogens with zero attached hydrogens (tertiary/aromatic N) is 4.